The number of nitrogens with zero attached hydrogens (tertiary/aromatic N) is 2. The van der Waals surface area contributed by atoms with Gasteiger partial charge in [0.05, 0.1) is 5.52 Å². The number of fused-ring (bicyclic) bond motifs is 5. The van der Waals surface area contributed by atoms with Crippen molar-refractivity contribution in [1.82, 2.24) is 9.97 Å². The number of pyridine rings is 2. The SMILES string of the molecule is CC1(C)c2ccccc2-c2c[c-]c(-c3ccc4ccccc4n3)cc21.[Ir].[c-]1c(-c2ccccn2)sc2ccccc12. The molecule has 3 aromatic heterocycles. The Labute approximate surface area is 258 Å². The molecule has 0 spiro atoms. The van der Waals surface area contributed by atoms with E-state index in [9.17, 15) is 0 Å². The van der Waals surface area contributed by atoms with E-state index in [1.165, 1.54) is 37.7 Å². The third-order valence-corrected chi connectivity index (χ3v) is 8.73. The molecule has 1 aliphatic carbocycles. The number of hydrogen-bond acceptors (Lipinski definition) is 3. The Morgan fingerprint density at radius 3 is 2.34 bits per heavy atom. The number of thiophene rings is 1. The van der Waals surface area contributed by atoms with Crippen LogP contribution in [0.1, 0.15) is 25.0 Å². The van der Waals surface area contributed by atoms with Crippen LogP contribution in [0.4, 0.5) is 0 Å². The normalized spacial score (nSPS) is 12.6. The van der Waals surface area contributed by atoms with Crippen molar-refractivity contribution in [3.8, 4) is 33.0 Å². The van der Waals surface area contributed by atoms with E-state index in [1.54, 1.807) is 11.3 Å². The van der Waals surface area contributed by atoms with Crippen LogP contribution < -0.4 is 0 Å². The maximum atomic E-state index is 4.84. The predicted molar refractivity (Wildman–Crippen MR) is 167 cm³/mol. The topological polar surface area (TPSA) is 25.8 Å². The standard InChI is InChI=1S/C24H18N.C13H8NS.Ir/c1-24(2)20-9-5-4-8-18(20)19-13-11-17(15-21(19)24)23-14-12-16-7-3-6-10-22(16)25-23;1-2-7-12-10(5-1)9-13(15-12)11-6-3-4-8-14-11;/h3-10,12-15H,1-2H3;1-8H;/q2*-1;. The van der Waals surface area contributed by atoms with Gasteiger partial charge in [-0.25, -0.2) is 11.3 Å². The summed E-state index contributed by atoms with van der Waals surface area (Å²) in [6.07, 6.45) is 1.81. The second-order valence-corrected chi connectivity index (χ2v) is 11.6. The van der Waals surface area contributed by atoms with Crippen molar-refractivity contribution >= 4 is 32.3 Å². The van der Waals surface area contributed by atoms with Crippen LogP contribution >= 0.6 is 11.3 Å². The van der Waals surface area contributed by atoms with Gasteiger partial charge in [0.2, 0.25) is 0 Å². The van der Waals surface area contributed by atoms with E-state index < -0.39 is 0 Å². The molecule has 8 rings (SSSR count). The number of aromatic nitrogens is 2. The maximum absolute atomic E-state index is 4.84. The first-order chi connectivity index (χ1) is 19.6. The summed E-state index contributed by atoms with van der Waals surface area (Å²) in [5.41, 5.74) is 9.45. The molecule has 1 radical (unpaired) electrons. The zero-order chi connectivity index (χ0) is 27.1. The first kappa shape index (κ1) is 27.2. The van der Waals surface area contributed by atoms with E-state index in [0.717, 1.165) is 27.3 Å². The van der Waals surface area contributed by atoms with Gasteiger partial charge in [0.25, 0.3) is 0 Å². The molecule has 0 bridgehead atoms. The van der Waals surface area contributed by atoms with Crippen LogP contribution in [-0.2, 0) is 25.5 Å². The van der Waals surface area contributed by atoms with Crippen molar-refractivity contribution in [2.24, 2.45) is 0 Å². The Morgan fingerprint density at radius 2 is 1.49 bits per heavy atom. The van der Waals surface area contributed by atoms with E-state index in [4.69, 9.17) is 4.98 Å². The zero-order valence-electron chi connectivity index (χ0n) is 22.7. The van der Waals surface area contributed by atoms with Gasteiger partial charge in [-0.15, -0.1) is 52.9 Å². The smallest absolute Gasteiger partial charge is 0.0595 e. The van der Waals surface area contributed by atoms with Crippen LogP contribution in [0, 0.1) is 12.1 Å². The summed E-state index contributed by atoms with van der Waals surface area (Å²) in [5.74, 6) is 0. The molecule has 0 amide bonds. The van der Waals surface area contributed by atoms with Crippen LogP contribution in [-0.4, -0.2) is 9.97 Å². The van der Waals surface area contributed by atoms with Crippen molar-refractivity contribution in [2.75, 3.05) is 0 Å². The average Bonchev–Trinajstić information content (AvgIpc) is 3.55. The zero-order valence-corrected chi connectivity index (χ0v) is 25.9. The quantitative estimate of drug-likeness (QED) is 0.166. The average molecular weight is 723 g/mol. The Kier molecular flexibility index (Phi) is 7.40. The fraction of sp³-hybridized carbons (Fsp3) is 0.0811. The van der Waals surface area contributed by atoms with Crippen LogP contribution in [0.5, 0.6) is 0 Å². The largest absolute Gasteiger partial charge is 0.303 e. The number of benzene rings is 4. The van der Waals surface area contributed by atoms with Gasteiger partial charge in [-0.1, -0.05) is 104 Å². The molecule has 2 nitrogen and oxygen atoms in total. The predicted octanol–water partition coefficient (Wildman–Crippen LogP) is 9.77. The van der Waals surface area contributed by atoms with E-state index in [2.05, 4.69) is 110 Å². The van der Waals surface area contributed by atoms with Crippen molar-refractivity contribution < 1.29 is 20.1 Å². The van der Waals surface area contributed by atoms with Crippen molar-refractivity contribution in [1.29, 1.82) is 0 Å². The van der Waals surface area contributed by atoms with Gasteiger partial charge in [-0.05, 0) is 43.8 Å². The fourth-order valence-corrected chi connectivity index (χ4v) is 6.52. The minimum Gasteiger partial charge on any atom is -0.303 e. The molecule has 1 aliphatic rings. The van der Waals surface area contributed by atoms with Crippen molar-refractivity contribution in [2.45, 2.75) is 19.3 Å². The monoisotopic (exact) mass is 723 g/mol. The Morgan fingerprint density at radius 1 is 0.707 bits per heavy atom. The third-order valence-electron chi connectivity index (χ3n) is 7.63. The summed E-state index contributed by atoms with van der Waals surface area (Å²) in [4.78, 5) is 10.3. The fourth-order valence-electron chi connectivity index (χ4n) is 5.53. The maximum Gasteiger partial charge on any atom is 0.0595 e. The minimum atomic E-state index is 0. The van der Waals surface area contributed by atoms with Gasteiger partial charge in [-0.3, -0.25) is 4.98 Å². The molecule has 41 heavy (non-hydrogen) atoms. The Bertz CT molecular complexity index is 1960. The molecular formula is C37H26IrN2S-2. The van der Waals surface area contributed by atoms with Gasteiger partial charge in [-0.2, -0.15) is 0 Å². The summed E-state index contributed by atoms with van der Waals surface area (Å²) in [7, 11) is 0. The van der Waals surface area contributed by atoms with Crippen molar-refractivity contribution in [3.05, 3.63) is 145 Å². The first-order valence-corrected chi connectivity index (χ1v) is 14.2. The number of hydrogen-bond donors (Lipinski definition) is 0. The Hall–Kier alpha value is -3.95. The molecule has 0 N–H and O–H groups in total. The van der Waals surface area contributed by atoms with Crippen LogP contribution in [0.3, 0.4) is 0 Å². The second-order valence-electron chi connectivity index (χ2n) is 10.5. The molecule has 3 heterocycles. The minimum absolute atomic E-state index is 0. The van der Waals surface area contributed by atoms with E-state index >= 15 is 0 Å². The molecule has 0 aliphatic heterocycles. The first-order valence-electron chi connectivity index (χ1n) is 13.4. The van der Waals surface area contributed by atoms with Gasteiger partial charge < -0.3 is 4.98 Å². The second kappa shape index (κ2) is 11.1. The van der Waals surface area contributed by atoms with E-state index in [-0.39, 0.29) is 25.5 Å². The Balaban J connectivity index is 0.000000162. The van der Waals surface area contributed by atoms with Crippen LogP contribution in [0.25, 0.3) is 53.9 Å². The third kappa shape index (κ3) is 5.04. The molecule has 0 unspecified atom stereocenters. The molecule has 0 atom stereocenters. The molecule has 0 fully saturated rings. The van der Waals surface area contributed by atoms with Crippen LogP contribution in [0.15, 0.2) is 121 Å². The van der Waals surface area contributed by atoms with Crippen molar-refractivity contribution in [3.63, 3.8) is 0 Å². The molecule has 4 aromatic carbocycles. The number of rotatable bonds is 2. The molecule has 201 valence electrons. The summed E-state index contributed by atoms with van der Waals surface area (Å²) in [6, 6.07) is 46.6. The van der Waals surface area contributed by atoms with Gasteiger partial charge in [0.15, 0.2) is 0 Å². The molecule has 0 saturated carbocycles. The van der Waals surface area contributed by atoms with Crippen LogP contribution in [0.2, 0.25) is 0 Å². The summed E-state index contributed by atoms with van der Waals surface area (Å²) in [6.45, 7) is 4.60. The molecular weight excluding hydrogens is 697 g/mol. The molecule has 7 aromatic rings. The van der Waals surface area contributed by atoms with E-state index in [0.29, 0.717) is 0 Å². The van der Waals surface area contributed by atoms with Gasteiger partial charge in [0.1, 0.15) is 0 Å². The molecule has 4 heteroatoms. The molecule has 0 saturated heterocycles. The number of para-hydroxylation sites is 1. The summed E-state index contributed by atoms with van der Waals surface area (Å²) in [5, 5.41) is 2.34. The van der Waals surface area contributed by atoms with Gasteiger partial charge >= 0.3 is 0 Å². The summed E-state index contributed by atoms with van der Waals surface area (Å²) < 4.78 is 1.26. The van der Waals surface area contributed by atoms with E-state index in [1.807, 2.05) is 42.6 Å². The summed E-state index contributed by atoms with van der Waals surface area (Å²) >= 11 is 1.73. The van der Waals surface area contributed by atoms with Gasteiger partial charge in [0, 0.05) is 32.0 Å².